The third-order valence-corrected chi connectivity index (χ3v) is 3.98. The number of thiophene rings is 1. The highest BCUT2D eigenvalue weighted by Gasteiger charge is 2.17. The molecule has 6 heteroatoms. The van der Waals surface area contributed by atoms with Crippen LogP contribution in [-0.2, 0) is 13.5 Å². The van der Waals surface area contributed by atoms with Gasteiger partial charge in [-0.1, -0.05) is 11.6 Å². The lowest BCUT2D eigenvalue weighted by molar-refractivity contribution is 0.0934. The average molecular weight is 298 g/mol. The van der Waals surface area contributed by atoms with Crippen LogP contribution in [0.2, 0.25) is 5.02 Å². The molecule has 0 aliphatic rings. The van der Waals surface area contributed by atoms with E-state index in [4.69, 9.17) is 11.6 Å². The topological polar surface area (TPSA) is 46.9 Å². The van der Waals surface area contributed by atoms with Gasteiger partial charge in [-0.2, -0.15) is 5.10 Å². The first-order valence-electron chi connectivity index (χ1n) is 6.01. The van der Waals surface area contributed by atoms with E-state index < -0.39 is 0 Å². The van der Waals surface area contributed by atoms with Crippen LogP contribution in [0.5, 0.6) is 0 Å². The van der Waals surface area contributed by atoms with Crippen molar-refractivity contribution in [3.8, 4) is 0 Å². The minimum atomic E-state index is -0.230. The van der Waals surface area contributed by atoms with Crippen molar-refractivity contribution in [3.63, 3.8) is 0 Å². The van der Waals surface area contributed by atoms with Crippen LogP contribution in [0.15, 0.2) is 18.3 Å². The van der Waals surface area contributed by atoms with Crippen LogP contribution in [-0.4, -0.2) is 21.7 Å². The Morgan fingerprint density at radius 2 is 2.32 bits per heavy atom. The predicted molar refractivity (Wildman–Crippen MR) is 77.9 cm³/mol. The number of amides is 1. The second kappa shape index (κ2) is 5.75. The maximum atomic E-state index is 12.0. The Morgan fingerprint density at radius 3 is 2.84 bits per heavy atom. The summed E-state index contributed by atoms with van der Waals surface area (Å²) in [5.41, 5.74) is 0.276. The summed E-state index contributed by atoms with van der Waals surface area (Å²) < 4.78 is 1.53. The highest BCUT2D eigenvalue weighted by atomic mass is 35.5. The van der Waals surface area contributed by atoms with Gasteiger partial charge >= 0.3 is 0 Å². The molecule has 1 amide bonds. The monoisotopic (exact) mass is 297 g/mol. The van der Waals surface area contributed by atoms with Gasteiger partial charge in [-0.25, -0.2) is 0 Å². The molecule has 102 valence electrons. The van der Waals surface area contributed by atoms with Crippen LogP contribution in [0.3, 0.4) is 0 Å². The number of rotatable bonds is 4. The Morgan fingerprint density at radius 1 is 1.58 bits per heavy atom. The van der Waals surface area contributed by atoms with Crippen molar-refractivity contribution in [1.82, 2.24) is 15.1 Å². The van der Waals surface area contributed by atoms with E-state index >= 15 is 0 Å². The number of hydrogen-bond acceptors (Lipinski definition) is 3. The number of aryl methyl sites for hydroxylation is 2. The maximum Gasteiger partial charge on any atom is 0.273 e. The molecule has 2 rings (SSSR count). The molecule has 0 saturated carbocycles. The number of nitrogens with one attached hydrogen (secondary N) is 1. The van der Waals surface area contributed by atoms with E-state index in [1.807, 2.05) is 6.92 Å². The smallest absolute Gasteiger partial charge is 0.273 e. The lowest BCUT2D eigenvalue weighted by Crippen LogP contribution is -2.34. The molecule has 1 unspecified atom stereocenters. The summed E-state index contributed by atoms with van der Waals surface area (Å²) in [4.78, 5) is 14.6. The lowest BCUT2D eigenvalue weighted by Gasteiger charge is -2.11. The SMILES string of the molecule is Cc1ccc(CC(C)NC(=O)c2nn(C)cc2Cl)s1. The summed E-state index contributed by atoms with van der Waals surface area (Å²) in [6.07, 6.45) is 2.43. The van der Waals surface area contributed by atoms with Crippen molar-refractivity contribution in [2.24, 2.45) is 7.05 Å². The van der Waals surface area contributed by atoms with Crippen LogP contribution < -0.4 is 5.32 Å². The van der Waals surface area contributed by atoms with Crippen molar-refractivity contribution in [2.45, 2.75) is 26.3 Å². The van der Waals surface area contributed by atoms with Crippen LogP contribution in [0, 0.1) is 6.92 Å². The van der Waals surface area contributed by atoms with E-state index in [0.717, 1.165) is 6.42 Å². The number of hydrogen-bond donors (Lipinski definition) is 1. The van der Waals surface area contributed by atoms with Crippen LogP contribution in [0.4, 0.5) is 0 Å². The summed E-state index contributed by atoms with van der Waals surface area (Å²) in [5, 5.41) is 7.34. The summed E-state index contributed by atoms with van der Waals surface area (Å²) in [7, 11) is 1.74. The van der Waals surface area contributed by atoms with Gasteiger partial charge in [0.25, 0.3) is 5.91 Å². The molecule has 0 aromatic carbocycles. The van der Waals surface area contributed by atoms with E-state index in [9.17, 15) is 4.79 Å². The van der Waals surface area contributed by atoms with Crippen molar-refractivity contribution in [1.29, 1.82) is 0 Å². The first kappa shape index (κ1) is 14.1. The molecule has 0 spiro atoms. The summed E-state index contributed by atoms with van der Waals surface area (Å²) >= 11 is 7.69. The molecule has 0 aliphatic carbocycles. The van der Waals surface area contributed by atoms with Gasteiger partial charge < -0.3 is 5.32 Å². The fourth-order valence-electron chi connectivity index (χ4n) is 1.85. The van der Waals surface area contributed by atoms with Crippen LogP contribution in [0.1, 0.15) is 27.2 Å². The molecule has 2 aromatic heterocycles. The van der Waals surface area contributed by atoms with Crippen LogP contribution in [0.25, 0.3) is 0 Å². The van der Waals surface area contributed by atoms with E-state index in [1.54, 1.807) is 24.6 Å². The van der Waals surface area contributed by atoms with Crippen LogP contribution >= 0.6 is 22.9 Å². The highest BCUT2D eigenvalue weighted by molar-refractivity contribution is 7.11. The lowest BCUT2D eigenvalue weighted by atomic mass is 10.2. The second-order valence-electron chi connectivity index (χ2n) is 4.59. The largest absolute Gasteiger partial charge is 0.348 e. The Bertz CT molecular complexity index is 590. The first-order valence-corrected chi connectivity index (χ1v) is 7.20. The molecular weight excluding hydrogens is 282 g/mol. The molecule has 0 saturated heterocycles. The van der Waals surface area contributed by atoms with Gasteiger partial charge in [0.05, 0.1) is 5.02 Å². The highest BCUT2D eigenvalue weighted by Crippen LogP contribution is 2.17. The minimum Gasteiger partial charge on any atom is -0.348 e. The average Bonchev–Trinajstić information content (AvgIpc) is 2.84. The molecule has 2 heterocycles. The molecule has 1 N–H and O–H groups in total. The Labute approximate surface area is 121 Å². The minimum absolute atomic E-state index is 0.0450. The standard InChI is InChI=1S/C13H16ClN3OS/c1-8(6-10-5-4-9(2)19-10)15-13(18)12-11(14)7-17(3)16-12/h4-5,7-8H,6H2,1-3H3,(H,15,18). The summed E-state index contributed by atoms with van der Waals surface area (Å²) in [5.74, 6) is -0.230. The quantitative estimate of drug-likeness (QED) is 0.943. The number of nitrogens with zero attached hydrogens (tertiary/aromatic N) is 2. The fraction of sp³-hybridized carbons (Fsp3) is 0.385. The van der Waals surface area contributed by atoms with E-state index in [0.29, 0.717) is 5.02 Å². The van der Waals surface area contributed by atoms with Crippen molar-refractivity contribution in [2.75, 3.05) is 0 Å². The second-order valence-corrected chi connectivity index (χ2v) is 6.37. The van der Waals surface area contributed by atoms with Gasteiger partial charge in [0.15, 0.2) is 5.69 Å². The number of carbonyl (C=O) groups excluding carboxylic acids is 1. The third-order valence-electron chi connectivity index (χ3n) is 2.68. The molecule has 19 heavy (non-hydrogen) atoms. The van der Waals surface area contributed by atoms with Gasteiger partial charge in [0, 0.05) is 35.5 Å². The van der Waals surface area contributed by atoms with Crippen molar-refractivity contribution >= 4 is 28.8 Å². The van der Waals surface area contributed by atoms with Gasteiger partial charge in [-0.15, -0.1) is 11.3 Å². The van der Waals surface area contributed by atoms with Gasteiger partial charge in [-0.3, -0.25) is 9.48 Å². The molecule has 2 aromatic rings. The molecule has 4 nitrogen and oxygen atoms in total. The van der Waals surface area contributed by atoms with Crippen molar-refractivity contribution in [3.05, 3.63) is 38.8 Å². The zero-order chi connectivity index (χ0) is 14.0. The number of halogens is 1. The van der Waals surface area contributed by atoms with Gasteiger partial charge in [0.2, 0.25) is 0 Å². The summed E-state index contributed by atoms with van der Waals surface area (Å²) in [6.45, 7) is 4.05. The molecular formula is C13H16ClN3OS. The molecule has 0 aliphatic heterocycles. The Kier molecular flexibility index (Phi) is 4.27. The molecule has 0 fully saturated rings. The van der Waals surface area contributed by atoms with E-state index in [1.165, 1.54) is 14.4 Å². The first-order chi connectivity index (χ1) is 8.95. The Balaban J connectivity index is 1.97. The zero-order valence-electron chi connectivity index (χ0n) is 11.1. The third kappa shape index (κ3) is 3.58. The Hall–Kier alpha value is -1.33. The maximum absolute atomic E-state index is 12.0. The molecule has 0 radical (unpaired) electrons. The van der Waals surface area contributed by atoms with Crippen molar-refractivity contribution < 1.29 is 4.79 Å². The molecule has 1 atom stereocenters. The summed E-state index contributed by atoms with van der Waals surface area (Å²) in [6, 6.07) is 4.23. The molecule has 0 bridgehead atoms. The van der Waals surface area contributed by atoms with E-state index in [-0.39, 0.29) is 17.6 Å². The van der Waals surface area contributed by atoms with Gasteiger partial charge in [0.1, 0.15) is 0 Å². The van der Waals surface area contributed by atoms with Gasteiger partial charge in [-0.05, 0) is 26.0 Å². The number of aromatic nitrogens is 2. The predicted octanol–water partition coefficient (Wildman–Crippen LogP) is 2.80. The zero-order valence-corrected chi connectivity index (χ0v) is 12.7. The fourth-order valence-corrected chi connectivity index (χ4v) is 3.14. The normalized spacial score (nSPS) is 12.4. The number of carbonyl (C=O) groups is 1. The van der Waals surface area contributed by atoms with E-state index in [2.05, 4.69) is 29.5 Å².